The molecule has 1 aromatic carbocycles. The van der Waals surface area contributed by atoms with Crippen molar-refractivity contribution in [2.75, 3.05) is 13.2 Å². The van der Waals surface area contributed by atoms with Crippen molar-refractivity contribution in [1.29, 1.82) is 0 Å². The summed E-state index contributed by atoms with van der Waals surface area (Å²) in [4.78, 5) is 24.0. The van der Waals surface area contributed by atoms with Crippen molar-refractivity contribution < 1.29 is 23.5 Å². The highest BCUT2D eigenvalue weighted by molar-refractivity contribution is 6.31. The van der Waals surface area contributed by atoms with E-state index in [1.165, 1.54) is 0 Å². The molecule has 0 saturated carbocycles. The van der Waals surface area contributed by atoms with Gasteiger partial charge in [0.1, 0.15) is 11.3 Å². The Morgan fingerprint density at radius 1 is 1.14 bits per heavy atom. The number of rotatable bonds is 5. The molecule has 0 aliphatic heterocycles. The summed E-state index contributed by atoms with van der Waals surface area (Å²) in [6.45, 7) is 3.67. The highest BCUT2D eigenvalue weighted by atomic mass is 35.5. The number of carbonyl (C=O) groups excluding carboxylic acids is 2. The first kappa shape index (κ1) is 15.4. The van der Waals surface area contributed by atoms with Crippen molar-refractivity contribution in [2.24, 2.45) is 0 Å². The molecule has 0 fully saturated rings. The van der Waals surface area contributed by atoms with Crippen LogP contribution in [-0.4, -0.2) is 25.2 Å². The minimum absolute atomic E-state index is 0.167. The summed E-state index contributed by atoms with van der Waals surface area (Å²) in [5.74, 6) is -2.43. The zero-order valence-electron chi connectivity index (χ0n) is 11.7. The quantitative estimate of drug-likeness (QED) is 0.626. The topological polar surface area (TPSA) is 65.7 Å². The minimum atomic E-state index is -1.23. The first-order valence-electron chi connectivity index (χ1n) is 6.59. The molecule has 0 bridgehead atoms. The lowest BCUT2D eigenvalue weighted by molar-refractivity contribution is -0.157. The molecule has 21 heavy (non-hydrogen) atoms. The molecule has 0 saturated heterocycles. The summed E-state index contributed by atoms with van der Waals surface area (Å²) < 4.78 is 15.4. The van der Waals surface area contributed by atoms with Gasteiger partial charge in [0.15, 0.2) is 0 Å². The van der Waals surface area contributed by atoms with Gasteiger partial charge in [-0.25, -0.2) is 0 Å². The van der Waals surface area contributed by atoms with E-state index < -0.39 is 17.9 Å². The molecule has 0 atom stereocenters. The van der Waals surface area contributed by atoms with Gasteiger partial charge >= 0.3 is 11.9 Å². The van der Waals surface area contributed by atoms with Crippen molar-refractivity contribution >= 4 is 34.5 Å². The van der Waals surface area contributed by atoms with Gasteiger partial charge in [-0.15, -0.1) is 0 Å². The van der Waals surface area contributed by atoms with Gasteiger partial charge in [0.25, 0.3) is 0 Å². The SMILES string of the molecule is CCOC(=O)C(C(=O)OCC)c1cc2cc(Cl)ccc2o1. The van der Waals surface area contributed by atoms with Crippen LogP contribution in [0.15, 0.2) is 28.7 Å². The van der Waals surface area contributed by atoms with Crippen molar-refractivity contribution in [3.63, 3.8) is 0 Å². The third-order valence-corrected chi connectivity index (χ3v) is 3.06. The van der Waals surface area contributed by atoms with Crippen LogP contribution < -0.4 is 0 Å². The van der Waals surface area contributed by atoms with Crippen LogP contribution in [0, 0.1) is 0 Å². The molecule has 0 aliphatic rings. The molecule has 112 valence electrons. The Kier molecular flexibility index (Phi) is 4.85. The van der Waals surface area contributed by atoms with Crippen LogP contribution in [-0.2, 0) is 19.1 Å². The van der Waals surface area contributed by atoms with E-state index in [1.807, 2.05) is 0 Å². The molecule has 2 rings (SSSR count). The van der Waals surface area contributed by atoms with Gasteiger partial charge in [-0.1, -0.05) is 11.6 Å². The summed E-state index contributed by atoms with van der Waals surface area (Å²) in [5, 5.41) is 1.25. The molecule has 0 amide bonds. The van der Waals surface area contributed by atoms with Crippen molar-refractivity contribution in [1.82, 2.24) is 0 Å². The molecule has 1 aromatic heterocycles. The summed E-state index contributed by atoms with van der Waals surface area (Å²) in [5.41, 5.74) is 0.535. The van der Waals surface area contributed by atoms with E-state index in [9.17, 15) is 9.59 Å². The number of furan rings is 1. The fourth-order valence-electron chi connectivity index (χ4n) is 1.96. The van der Waals surface area contributed by atoms with Crippen LogP contribution in [0.3, 0.4) is 0 Å². The molecular weight excluding hydrogens is 296 g/mol. The van der Waals surface area contributed by atoms with E-state index in [-0.39, 0.29) is 19.0 Å². The Bertz CT molecular complexity index is 643. The maximum absolute atomic E-state index is 12.0. The third-order valence-electron chi connectivity index (χ3n) is 2.83. The second kappa shape index (κ2) is 6.63. The second-order valence-electron chi connectivity index (χ2n) is 4.27. The van der Waals surface area contributed by atoms with Crippen LogP contribution in [0.1, 0.15) is 25.5 Å². The van der Waals surface area contributed by atoms with Crippen LogP contribution in [0.25, 0.3) is 11.0 Å². The lowest BCUT2D eigenvalue weighted by Gasteiger charge is -2.11. The van der Waals surface area contributed by atoms with Crippen molar-refractivity contribution in [3.8, 4) is 0 Å². The fourth-order valence-corrected chi connectivity index (χ4v) is 2.14. The van der Waals surface area contributed by atoms with Gasteiger partial charge in [-0.05, 0) is 38.1 Å². The molecule has 0 spiro atoms. The maximum Gasteiger partial charge on any atom is 0.328 e. The Labute approximate surface area is 126 Å². The number of ether oxygens (including phenoxy) is 2. The predicted molar refractivity (Wildman–Crippen MR) is 77.2 cm³/mol. The average molecular weight is 311 g/mol. The summed E-state index contributed by atoms with van der Waals surface area (Å²) in [6, 6.07) is 6.63. The molecule has 1 heterocycles. The molecule has 0 N–H and O–H groups in total. The van der Waals surface area contributed by atoms with E-state index in [1.54, 1.807) is 38.1 Å². The minimum Gasteiger partial charge on any atom is -0.465 e. The lowest BCUT2D eigenvalue weighted by atomic mass is 10.1. The highest BCUT2D eigenvalue weighted by Crippen LogP contribution is 2.29. The molecule has 0 aliphatic carbocycles. The second-order valence-corrected chi connectivity index (χ2v) is 4.70. The lowest BCUT2D eigenvalue weighted by Crippen LogP contribution is -2.25. The van der Waals surface area contributed by atoms with E-state index >= 15 is 0 Å². The van der Waals surface area contributed by atoms with Gasteiger partial charge in [-0.3, -0.25) is 9.59 Å². The molecule has 6 heteroatoms. The first-order valence-corrected chi connectivity index (χ1v) is 6.96. The first-order chi connectivity index (χ1) is 10.1. The standard InChI is InChI=1S/C15H15ClO5/c1-3-19-14(17)13(15(18)20-4-2)12-8-9-7-10(16)5-6-11(9)21-12/h5-8,13H,3-4H2,1-2H3. The number of benzene rings is 1. The van der Waals surface area contributed by atoms with Crippen LogP contribution >= 0.6 is 11.6 Å². The Morgan fingerprint density at radius 3 is 2.33 bits per heavy atom. The van der Waals surface area contributed by atoms with E-state index in [4.69, 9.17) is 25.5 Å². The monoisotopic (exact) mass is 310 g/mol. The number of halogens is 1. The van der Waals surface area contributed by atoms with Gasteiger partial charge in [0.05, 0.1) is 13.2 Å². The number of hydrogen-bond donors (Lipinski definition) is 0. The van der Waals surface area contributed by atoms with Gasteiger partial charge < -0.3 is 13.9 Å². The Morgan fingerprint density at radius 2 is 1.76 bits per heavy atom. The largest absolute Gasteiger partial charge is 0.465 e. The predicted octanol–water partition coefficient (Wildman–Crippen LogP) is 3.30. The Balaban J connectivity index is 2.42. The van der Waals surface area contributed by atoms with Crippen molar-refractivity contribution in [2.45, 2.75) is 19.8 Å². The molecule has 5 nitrogen and oxygen atoms in total. The fraction of sp³-hybridized carbons (Fsp3) is 0.333. The zero-order chi connectivity index (χ0) is 15.4. The average Bonchev–Trinajstić information content (AvgIpc) is 2.81. The van der Waals surface area contributed by atoms with Gasteiger partial charge in [-0.2, -0.15) is 0 Å². The number of esters is 2. The van der Waals surface area contributed by atoms with Crippen LogP contribution in [0.2, 0.25) is 5.02 Å². The zero-order valence-corrected chi connectivity index (χ0v) is 12.5. The Hall–Kier alpha value is -2.01. The van der Waals surface area contributed by atoms with E-state index in [2.05, 4.69) is 0 Å². The smallest absolute Gasteiger partial charge is 0.328 e. The molecule has 2 aromatic rings. The third kappa shape index (κ3) is 3.36. The molecular formula is C15H15ClO5. The van der Waals surface area contributed by atoms with E-state index in [0.717, 1.165) is 0 Å². The summed E-state index contributed by atoms with van der Waals surface area (Å²) >= 11 is 5.91. The van der Waals surface area contributed by atoms with Gasteiger partial charge in [0.2, 0.25) is 5.92 Å². The number of carbonyl (C=O) groups is 2. The van der Waals surface area contributed by atoms with Crippen LogP contribution in [0.4, 0.5) is 0 Å². The number of fused-ring (bicyclic) bond motifs is 1. The normalized spacial score (nSPS) is 10.9. The summed E-state index contributed by atoms with van der Waals surface area (Å²) in [6.07, 6.45) is 0. The van der Waals surface area contributed by atoms with Crippen LogP contribution in [0.5, 0.6) is 0 Å². The maximum atomic E-state index is 12.0. The van der Waals surface area contributed by atoms with Crippen molar-refractivity contribution in [3.05, 3.63) is 35.0 Å². The molecule has 0 unspecified atom stereocenters. The van der Waals surface area contributed by atoms with Gasteiger partial charge in [0, 0.05) is 10.4 Å². The number of hydrogen-bond acceptors (Lipinski definition) is 5. The highest BCUT2D eigenvalue weighted by Gasteiger charge is 2.34. The van der Waals surface area contributed by atoms with E-state index in [0.29, 0.717) is 16.0 Å². The molecule has 0 radical (unpaired) electrons. The summed E-state index contributed by atoms with van der Waals surface area (Å²) in [7, 11) is 0.